The van der Waals surface area contributed by atoms with Gasteiger partial charge in [0.2, 0.25) is 5.71 Å². The van der Waals surface area contributed by atoms with Gasteiger partial charge in [-0.25, -0.2) is 4.79 Å². The Bertz CT molecular complexity index is 337. The van der Waals surface area contributed by atoms with Crippen LogP contribution in [0, 0.1) is 11.8 Å². The van der Waals surface area contributed by atoms with E-state index in [0.717, 1.165) is 26.3 Å². The fraction of sp³-hybridized carbons (Fsp3) is 0.636. The molecule has 0 amide bonds. The van der Waals surface area contributed by atoms with Crippen molar-refractivity contribution in [3.05, 3.63) is 0 Å². The topological polar surface area (TPSA) is 60.4 Å². The van der Waals surface area contributed by atoms with Gasteiger partial charge in [-0.15, -0.1) is 0 Å². The molecule has 0 aromatic carbocycles. The first-order chi connectivity index (χ1) is 8.27. The minimum absolute atomic E-state index is 0.0248. The summed E-state index contributed by atoms with van der Waals surface area (Å²) in [6.07, 6.45) is 0. The molecule has 1 fully saturated rings. The molecule has 0 aromatic heterocycles. The van der Waals surface area contributed by atoms with Gasteiger partial charge in [0.1, 0.15) is 7.11 Å². The van der Waals surface area contributed by atoms with Crippen molar-refractivity contribution in [2.75, 3.05) is 47.1 Å². The second kappa shape index (κ2) is 7.65. The fourth-order valence-corrected chi connectivity index (χ4v) is 1.29. The van der Waals surface area contributed by atoms with Gasteiger partial charge < -0.3 is 14.3 Å². The summed E-state index contributed by atoms with van der Waals surface area (Å²) in [6, 6.07) is 0. The summed E-state index contributed by atoms with van der Waals surface area (Å²) in [5.41, 5.74) is -0.0248. The number of carbonyl (C=O) groups excluding carboxylic acids is 1. The molecule has 0 radical (unpaired) electrons. The first kappa shape index (κ1) is 13.5. The lowest BCUT2D eigenvalue weighted by Crippen LogP contribution is -2.36. The predicted molar refractivity (Wildman–Crippen MR) is 61.5 cm³/mol. The molecular weight excluding hydrogens is 224 g/mol. The van der Waals surface area contributed by atoms with Gasteiger partial charge >= 0.3 is 5.97 Å². The number of rotatable bonds is 3. The number of carbonyl (C=O) groups is 1. The third kappa shape index (κ3) is 4.85. The van der Waals surface area contributed by atoms with E-state index in [9.17, 15) is 4.79 Å². The summed E-state index contributed by atoms with van der Waals surface area (Å²) < 4.78 is 9.74. The number of ether oxygens (including phenoxy) is 2. The lowest BCUT2D eigenvalue weighted by atomic mass is 10.3. The highest BCUT2D eigenvalue weighted by molar-refractivity contribution is 6.43. The fourth-order valence-electron chi connectivity index (χ4n) is 1.29. The SMILES string of the molecule is CO/N=C(/C#CCN1CCOCC1)C(=O)OC. The molecule has 0 saturated carbocycles. The lowest BCUT2D eigenvalue weighted by molar-refractivity contribution is -0.132. The van der Waals surface area contributed by atoms with Crippen molar-refractivity contribution in [3.63, 3.8) is 0 Å². The van der Waals surface area contributed by atoms with Crippen LogP contribution in [0.15, 0.2) is 5.16 Å². The number of esters is 1. The van der Waals surface area contributed by atoms with Gasteiger partial charge in [0, 0.05) is 13.1 Å². The molecule has 1 rings (SSSR count). The van der Waals surface area contributed by atoms with Gasteiger partial charge in [0.25, 0.3) is 0 Å². The van der Waals surface area contributed by atoms with Crippen LogP contribution in [-0.2, 0) is 19.1 Å². The average Bonchev–Trinajstić information content (AvgIpc) is 2.38. The molecule has 17 heavy (non-hydrogen) atoms. The van der Waals surface area contributed by atoms with Crippen LogP contribution in [0.25, 0.3) is 0 Å². The van der Waals surface area contributed by atoms with E-state index in [1.807, 2.05) is 0 Å². The van der Waals surface area contributed by atoms with E-state index < -0.39 is 5.97 Å². The van der Waals surface area contributed by atoms with Gasteiger partial charge in [-0.2, -0.15) is 0 Å². The molecule has 1 aliphatic heterocycles. The molecule has 1 saturated heterocycles. The monoisotopic (exact) mass is 240 g/mol. The second-order valence-corrected chi connectivity index (χ2v) is 3.30. The maximum atomic E-state index is 11.2. The Morgan fingerprint density at radius 3 is 2.71 bits per heavy atom. The van der Waals surface area contributed by atoms with Crippen molar-refractivity contribution in [2.24, 2.45) is 5.16 Å². The zero-order valence-electron chi connectivity index (χ0n) is 10.1. The van der Waals surface area contributed by atoms with Gasteiger partial charge in [-0.05, 0) is 5.92 Å². The lowest BCUT2D eigenvalue weighted by Gasteiger charge is -2.24. The Balaban J connectivity index is 2.49. The average molecular weight is 240 g/mol. The molecule has 0 spiro atoms. The molecular formula is C11H16N2O4. The van der Waals surface area contributed by atoms with Gasteiger partial charge in [0.15, 0.2) is 0 Å². The van der Waals surface area contributed by atoms with Crippen molar-refractivity contribution in [2.45, 2.75) is 0 Å². The zero-order valence-corrected chi connectivity index (χ0v) is 10.1. The maximum Gasteiger partial charge on any atom is 0.368 e. The zero-order chi connectivity index (χ0) is 12.5. The van der Waals surface area contributed by atoms with E-state index in [0.29, 0.717) is 6.54 Å². The molecule has 0 atom stereocenters. The molecule has 0 aliphatic carbocycles. The summed E-state index contributed by atoms with van der Waals surface area (Å²) >= 11 is 0. The smallest absolute Gasteiger partial charge is 0.368 e. The molecule has 0 unspecified atom stereocenters. The Morgan fingerprint density at radius 2 is 2.12 bits per heavy atom. The number of methoxy groups -OCH3 is 1. The Hall–Kier alpha value is -1.58. The molecule has 0 N–H and O–H groups in total. The van der Waals surface area contributed by atoms with Crippen molar-refractivity contribution in [1.82, 2.24) is 4.90 Å². The van der Waals surface area contributed by atoms with Crippen molar-refractivity contribution < 1.29 is 19.1 Å². The number of morpholine rings is 1. The van der Waals surface area contributed by atoms with Gasteiger partial charge in [-0.1, -0.05) is 11.1 Å². The first-order valence-electron chi connectivity index (χ1n) is 5.26. The quantitative estimate of drug-likeness (QED) is 0.288. The predicted octanol–water partition coefficient (Wildman–Crippen LogP) is -0.503. The highest BCUT2D eigenvalue weighted by Crippen LogP contribution is 1.94. The highest BCUT2D eigenvalue weighted by Gasteiger charge is 2.10. The molecule has 1 heterocycles. The molecule has 94 valence electrons. The van der Waals surface area contributed by atoms with E-state index in [-0.39, 0.29) is 5.71 Å². The van der Waals surface area contributed by atoms with E-state index in [1.54, 1.807) is 0 Å². The van der Waals surface area contributed by atoms with Crippen molar-refractivity contribution >= 4 is 11.7 Å². The van der Waals surface area contributed by atoms with Crippen LogP contribution in [0.1, 0.15) is 0 Å². The Kier molecular flexibility index (Phi) is 6.07. The van der Waals surface area contributed by atoms with E-state index >= 15 is 0 Å². The van der Waals surface area contributed by atoms with Crippen LogP contribution in [0.4, 0.5) is 0 Å². The summed E-state index contributed by atoms with van der Waals surface area (Å²) in [5, 5.41) is 3.50. The van der Waals surface area contributed by atoms with E-state index in [2.05, 4.69) is 31.5 Å². The largest absolute Gasteiger partial charge is 0.464 e. The summed E-state index contributed by atoms with van der Waals surface area (Å²) in [4.78, 5) is 17.9. The summed E-state index contributed by atoms with van der Waals surface area (Å²) in [7, 11) is 2.63. The number of hydrogen-bond acceptors (Lipinski definition) is 6. The van der Waals surface area contributed by atoms with Crippen LogP contribution in [0.5, 0.6) is 0 Å². The minimum Gasteiger partial charge on any atom is -0.464 e. The number of nitrogens with zero attached hydrogens (tertiary/aromatic N) is 2. The molecule has 0 aromatic rings. The van der Waals surface area contributed by atoms with Crippen molar-refractivity contribution in [1.29, 1.82) is 0 Å². The third-order valence-corrected chi connectivity index (χ3v) is 2.17. The molecule has 0 bridgehead atoms. The minimum atomic E-state index is -0.596. The Morgan fingerprint density at radius 1 is 1.41 bits per heavy atom. The van der Waals surface area contributed by atoms with Crippen LogP contribution in [-0.4, -0.2) is 63.6 Å². The summed E-state index contributed by atoms with van der Waals surface area (Å²) in [6.45, 7) is 3.71. The molecule has 6 heteroatoms. The van der Waals surface area contributed by atoms with Gasteiger partial charge in [0.05, 0.1) is 26.9 Å². The summed E-state index contributed by atoms with van der Waals surface area (Å²) in [5.74, 6) is 4.90. The molecule has 6 nitrogen and oxygen atoms in total. The number of oxime groups is 1. The maximum absolute atomic E-state index is 11.2. The number of hydrogen-bond donors (Lipinski definition) is 0. The van der Waals surface area contributed by atoms with E-state index in [4.69, 9.17) is 4.74 Å². The second-order valence-electron chi connectivity index (χ2n) is 3.30. The highest BCUT2D eigenvalue weighted by atomic mass is 16.6. The Labute approximate surface area is 100 Å². The first-order valence-corrected chi connectivity index (χ1v) is 5.26. The molecule has 1 aliphatic rings. The standard InChI is InChI=1S/C11H16N2O4/c1-15-11(14)10(12-16-2)4-3-5-13-6-8-17-9-7-13/h5-9H2,1-2H3/b12-10-. The van der Waals surface area contributed by atoms with Crippen LogP contribution in [0.2, 0.25) is 0 Å². The van der Waals surface area contributed by atoms with Crippen LogP contribution < -0.4 is 0 Å². The van der Waals surface area contributed by atoms with E-state index in [1.165, 1.54) is 14.2 Å². The van der Waals surface area contributed by atoms with Crippen molar-refractivity contribution in [3.8, 4) is 11.8 Å². The normalized spacial score (nSPS) is 16.9. The van der Waals surface area contributed by atoms with Crippen LogP contribution >= 0.6 is 0 Å². The third-order valence-electron chi connectivity index (χ3n) is 2.17. The van der Waals surface area contributed by atoms with Gasteiger partial charge in [-0.3, -0.25) is 4.90 Å². The van der Waals surface area contributed by atoms with Crippen LogP contribution in [0.3, 0.4) is 0 Å².